The van der Waals surface area contributed by atoms with Crippen LogP contribution < -0.4 is 0 Å². The molecular weight excluding hydrogens is 344 g/mol. The van der Waals surface area contributed by atoms with E-state index in [0.29, 0.717) is 0 Å². The topological polar surface area (TPSA) is 26.3 Å². The molecular formula is C26H52O2. The van der Waals surface area contributed by atoms with E-state index in [1.807, 2.05) is 0 Å². The van der Waals surface area contributed by atoms with Crippen molar-refractivity contribution in [1.29, 1.82) is 0 Å². The van der Waals surface area contributed by atoms with Crippen LogP contribution in [0.25, 0.3) is 0 Å². The van der Waals surface area contributed by atoms with Crippen LogP contribution in [0.3, 0.4) is 0 Å². The fourth-order valence-electron chi connectivity index (χ4n) is 3.80. The minimum absolute atomic E-state index is 0.0365. The van der Waals surface area contributed by atoms with Gasteiger partial charge in [0.2, 0.25) is 0 Å². The molecule has 2 heteroatoms. The summed E-state index contributed by atoms with van der Waals surface area (Å²) >= 11 is 0. The molecule has 0 aromatic rings. The lowest BCUT2D eigenvalue weighted by Crippen LogP contribution is -2.31. The summed E-state index contributed by atoms with van der Waals surface area (Å²) in [6, 6.07) is 0. The summed E-state index contributed by atoms with van der Waals surface area (Å²) in [4.78, 5) is 12.8. The highest BCUT2D eigenvalue weighted by atomic mass is 16.5. The van der Waals surface area contributed by atoms with Gasteiger partial charge >= 0.3 is 5.97 Å². The van der Waals surface area contributed by atoms with Crippen molar-refractivity contribution in [3.05, 3.63) is 0 Å². The fraction of sp³-hybridized carbons (Fsp3) is 0.962. The van der Waals surface area contributed by atoms with E-state index >= 15 is 0 Å². The van der Waals surface area contributed by atoms with E-state index in [4.69, 9.17) is 4.74 Å². The van der Waals surface area contributed by atoms with E-state index in [0.717, 1.165) is 25.7 Å². The zero-order valence-electron chi connectivity index (χ0n) is 20.1. The lowest BCUT2D eigenvalue weighted by atomic mass is 9.86. The van der Waals surface area contributed by atoms with Crippen LogP contribution in [0, 0.1) is 5.41 Å². The molecule has 0 radical (unpaired) electrons. The van der Waals surface area contributed by atoms with Crippen LogP contribution in [-0.4, -0.2) is 12.1 Å². The highest BCUT2D eigenvalue weighted by molar-refractivity contribution is 5.76. The Labute approximate surface area is 177 Å². The van der Waals surface area contributed by atoms with E-state index in [2.05, 4.69) is 34.6 Å². The molecule has 0 aromatic carbocycles. The first-order chi connectivity index (χ1) is 13.5. The minimum Gasteiger partial charge on any atom is -0.462 e. The van der Waals surface area contributed by atoms with Gasteiger partial charge < -0.3 is 4.74 Å². The summed E-state index contributed by atoms with van der Waals surface area (Å²) in [5.41, 5.74) is -0.339. The second-order valence-corrected chi connectivity index (χ2v) is 9.48. The number of carbonyl (C=O) groups is 1. The highest BCUT2D eigenvalue weighted by Crippen LogP contribution is 2.28. The van der Waals surface area contributed by atoms with E-state index in [1.165, 1.54) is 89.9 Å². The molecule has 0 aliphatic rings. The molecule has 2 nitrogen and oxygen atoms in total. The molecule has 168 valence electrons. The van der Waals surface area contributed by atoms with Crippen molar-refractivity contribution in [2.45, 2.75) is 156 Å². The molecule has 0 rings (SSSR count). The molecule has 0 aliphatic heterocycles. The predicted molar refractivity (Wildman–Crippen MR) is 124 cm³/mol. The third-order valence-electron chi connectivity index (χ3n) is 5.99. The van der Waals surface area contributed by atoms with Crippen molar-refractivity contribution in [2.24, 2.45) is 5.41 Å². The summed E-state index contributed by atoms with van der Waals surface area (Å²) in [5, 5.41) is 0. The van der Waals surface area contributed by atoms with Crippen LogP contribution in [-0.2, 0) is 9.53 Å². The first kappa shape index (κ1) is 27.5. The first-order valence-electron chi connectivity index (χ1n) is 12.7. The Bertz CT molecular complexity index is 336. The van der Waals surface area contributed by atoms with E-state index in [-0.39, 0.29) is 17.5 Å². The molecule has 0 spiro atoms. The Morgan fingerprint density at radius 1 is 0.643 bits per heavy atom. The third-order valence-corrected chi connectivity index (χ3v) is 5.99. The van der Waals surface area contributed by atoms with Crippen molar-refractivity contribution in [1.82, 2.24) is 0 Å². The van der Waals surface area contributed by atoms with Gasteiger partial charge in [0.25, 0.3) is 0 Å². The van der Waals surface area contributed by atoms with Crippen LogP contribution in [0.4, 0.5) is 0 Å². The zero-order valence-corrected chi connectivity index (χ0v) is 20.1. The van der Waals surface area contributed by atoms with Crippen molar-refractivity contribution in [3.8, 4) is 0 Å². The molecule has 0 saturated carbocycles. The minimum atomic E-state index is -0.339. The van der Waals surface area contributed by atoms with Gasteiger partial charge in [-0.1, -0.05) is 104 Å². The van der Waals surface area contributed by atoms with Gasteiger partial charge in [0.05, 0.1) is 5.41 Å². The molecule has 0 atom stereocenters. The zero-order chi connectivity index (χ0) is 21.1. The molecule has 0 N–H and O–H groups in total. The van der Waals surface area contributed by atoms with Gasteiger partial charge in [-0.2, -0.15) is 0 Å². The van der Waals surface area contributed by atoms with Crippen LogP contribution >= 0.6 is 0 Å². The molecule has 0 bridgehead atoms. The Morgan fingerprint density at radius 2 is 1.04 bits per heavy atom. The average molecular weight is 397 g/mol. The van der Waals surface area contributed by atoms with Gasteiger partial charge in [0, 0.05) is 0 Å². The maximum absolute atomic E-state index is 12.8. The number of ether oxygens (including phenoxy) is 1. The second kappa shape index (κ2) is 18.5. The number of hydrogen-bond acceptors (Lipinski definition) is 2. The summed E-state index contributed by atoms with van der Waals surface area (Å²) in [7, 11) is 0. The van der Waals surface area contributed by atoms with Gasteiger partial charge in [0.15, 0.2) is 0 Å². The summed E-state index contributed by atoms with van der Waals surface area (Å²) in [5.74, 6) is 0.0365. The van der Waals surface area contributed by atoms with Gasteiger partial charge in [-0.05, 0) is 46.0 Å². The lowest BCUT2D eigenvalue weighted by Gasteiger charge is -2.27. The Hall–Kier alpha value is -0.530. The maximum Gasteiger partial charge on any atom is 0.311 e. The number of hydrogen-bond donors (Lipinski definition) is 0. The molecule has 0 heterocycles. The van der Waals surface area contributed by atoms with E-state index < -0.39 is 0 Å². The monoisotopic (exact) mass is 396 g/mol. The number of rotatable bonds is 20. The van der Waals surface area contributed by atoms with Gasteiger partial charge in [-0.25, -0.2) is 0 Å². The van der Waals surface area contributed by atoms with E-state index in [9.17, 15) is 4.79 Å². The molecule has 0 unspecified atom stereocenters. The van der Waals surface area contributed by atoms with Gasteiger partial charge in [-0.3, -0.25) is 4.79 Å². The van der Waals surface area contributed by atoms with Crippen LogP contribution in [0.15, 0.2) is 0 Å². The number of unbranched alkanes of at least 4 members (excludes halogenated alkanes) is 12. The molecule has 0 aromatic heterocycles. The van der Waals surface area contributed by atoms with Crippen molar-refractivity contribution in [2.75, 3.05) is 0 Å². The van der Waals surface area contributed by atoms with Crippen LogP contribution in [0.1, 0.15) is 150 Å². The quantitative estimate of drug-likeness (QED) is 0.151. The summed E-state index contributed by atoms with van der Waals surface area (Å²) < 4.78 is 6.05. The van der Waals surface area contributed by atoms with Crippen molar-refractivity contribution < 1.29 is 9.53 Å². The Kier molecular flexibility index (Phi) is 18.1. The molecule has 0 saturated heterocycles. The van der Waals surface area contributed by atoms with Crippen LogP contribution in [0.5, 0.6) is 0 Å². The normalized spacial score (nSPS) is 11.9. The fourth-order valence-corrected chi connectivity index (χ4v) is 3.80. The van der Waals surface area contributed by atoms with Crippen LogP contribution in [0.2, 0.25) is 0 Å². The van der Waals surface area contributed by atoms with Gasteiger partial charge in [-0.15, -0.1) is 0 Å². The highest BCUT2D eigenvalue weighted by Gasteiger charge is 2.30. The summed E-state index contributed by atoms with van der Waals surface area (Å²) in [6.07, 6.45) is 22.3. The van der Waals surface area contributed by atoms with Gasteiger partial charge in [0.1, 0.15) is 6.10 Å². The van der Waals surface area contributed by atoms with Crippen molar-refractivity contribution in [3.63, 3.8) is 0 Å². The van der Waals surface area contributed by atoms with Crippen molar-refractivity contribution >= 4 is 5.97 Å². The molecule has 0 aliphatic carbocycles. The molecule has 0 fully saturated rings. The largest absolute Gasteiger partial charge is 0.462 e. The van der Waals surface area contributed by atoms with E-state index in [1.54, 1.807) is 0 Å². The SMILES string of the molecule is CCCCCCCCCC(C)(C)C(=O)OC(CCCCCC)CCCCCC. The lowest BCUT2D eigenvalue weighted by molar-refractivity contribution is -0.161. The number of carbonyl (C=O) groups excluding carboxylic acids is 1. The summed E-state index contributed by atoms with van der Waals surface area (Å²) in [6.45, 7) is 10.9. The maximum atomic E-state index is 12.8. The third kappa shape index (κ3) is 15.4. The first-order valence-corrected chi connectivity index (χ1v) is 12.7. The predicted octanol–water partition coefficient (Wildman–Crippen LogP) is 9.01. The number of esters is 1. The smallest absolute Gasteiger partial charge is 0.311 e. The average Bonchev–Trinajstić information content (AvgIpc) is 2.67. The molecule has 0 amide bonds. The Morgan fingerprint density at radius 3 is 1.50 bits per heavy atom. The second-order valence-electron chi connectivity index (χ2n) is 9.48. The Balaban J connectivity index is 4.28. The standard InChI is InChI=1S/C26H52O2/c1-6-9-12-15-16-17-20-23-26(4,5)25(27)28-24(21-18-13-10-7-2)22-19-14-11-8-3/h24H,6-23H2,1-5H3. The molecule has 28 heavy (non-hydrogen) atoms.